The minimum atomic E-state index is -0.421. The molecule has 0 saturated heterocycles. The van der Waals surface area contributed by atoms with Gasteiger partial charge in [-0.15, -0.1) is 0 Å². The highest BCUT2D eigenvalue weighted by molar-refractivity contribution is 5.86. The smallest absolute Gasteiger partial charge is 0.411 e. The van der Waals surface area contributed by atoms with Crippen LogP contribution in [0.5, 0.6) is 5.75 Å². The minimum Gasteiger partial charge on any atom is -0.495 e. The first-order valence-electron chi connectivity index (χ1n) is 9.34. The van der Waals surface area contributed by atoms with E-state index in [2.05, 4.69) is 12.2 Å². The highest BCUT2D eigenvalue weighted by Crippen LogP contribution is 2.23. The lowest BCUT2D eigenvalue weighted by atomic mass is 10.1. The Hall–Kier alpha value is -1.71. The molecule has 1 amide bonds. The van der Waals surface area contributed by atoms with Gasteiger partial charge in [0.25, 0.3) is 0 Å². The maximum absolute atomic E-state index is 11.8. The van der Waals surface area contributed by atoms with Gasteiger partial charge in [-0.1, -0.05) is 76.8 Å². The van der Waals surface area contributed by atoms with Crippen LogP contribution in [0, 0.1) is 0 Å². The Morgan fingerprint density at radius 2 is 1.50 bits per heavy atom. The molecule has 0 atom stereocenters. The SMILES string of the molecule is CCCCCCCCCCCCOC(=O)Nc1ccccc1OC. The molecule has 0 aromatic heterocycles. The minimum absolute atomic E-state index is 0.421. The summed E-state index contributed by atoms with van der Waals surface area (Å²) in [4.78, 5) is 11.8. The largest absolute Gasteiger partial charge is 0.495 e. The number of nitrogens with one attached hydrogen (secondary N) is 1. The van der Waals surface area contributed by atoms with Crippen molar-refractivity contribution in [2.75, 3.05) is 19.0 Å². The zero-order valence-electron chi connectivity index (χ0n) is 15.3. The van der Waals surface area contributed by atoms with Crippen LogP contribution >= 0.6 is 0 Å². The van der Waals surface area contributed by atoms with E-state index in [1.807, 2.05) is 12.1 Å². The van der Waals surface area contributed by atoms with Gasteiger partial charge in [0.05, 0.1) is 19.4 Å². The molecule has 1 rings (SSSR count). The van der Waals surface area contributed by atoms with Crippen molar-refractivity contribution >= 4 is 11.8 Å². The Labute approximate surface area is 146 Å². The van der Waals surface area contributed by atoms with Crippen LogP contribution in [0.2, 0.25) is 0 Å². The number of ether oxygens (including phenoxy) is 2. The van der Waals surface area contributed by atoms with E-state index in [1.165, 1.54) is 51.4 Å². The van der Waals surface area contributed by atoms with Gasteiger partial charge in [0.15, 0.2) is 0 Å². The number of methoxy groups -OCH3 is 1. The third-order valence-corrected chi connectivity index (χ3v) is 4.07. The second kappa shape index (κ2) is 13.7. The molecule has 0 aliphatic rings. The first-order valence-corrected chi connectivity index (χ1v) is 9.34. The summed E-state index contributed by atoms with van der Waals surface area (Å²) >= 11 is 0. The maximum atomic E-state index is 11.8. The van der Waals surface area contributed by atoms with E-state index in [-0.39, 0.29) is 0 Å². The Morgan fingerprint density at radius 3 is 2.12 bits per heavy atom. The standard InChI is InChI=1S/C20H33NO3/c1-3-4-5-6-7-8-9-10-11-14-17-24-20(22)21-18-15-12-13-16-19(18)23-2/h12-13,15-16H,3-11,14,17H2,1-2H3,(H,21,22). The van der Waals surface area contributed by atoms with E-state index >= 15 is 0 Å². The molecule has 0 unspecified atom stereocenters. The molecule has 0 radical (unpaired) electrons. The van der Waals surface area contributed by atoms with Crippen molar-refractivity contribution in [2.24, 2.45) is 0 Å². The Bertz CT molecular complexity index is 448. The Morgan fingerprint density at radius 1 is 0.917 bits per heavy atom. The summed E-state index contributed by atoms with van der Waals surface area (Å²) in [6.07, 6.45) is 12.3. The topological polar surface area (TPSA) is 47.6 Å². The summed E-state index contributed by atoms with van der Waals surface area (Å²) in [5.41, 5.74) is 0.632. The molecule has 0 aliphatic heterocycles. The molecule has 0 fully saturated rings. The lowest BCUT2D eigenvalue weighted by molar-refractivity contribution is 0.159. The molecular formula is C20H33NO3. The monoisotopic (exact) mass is 335 g/mol. The molecule has 1 N–H and O–H groups in total. The number of para-hydroxylation sites is 2. The molecular weight excluding hydrogens is 302 g/mol. The molecule has 0 spiro atoms. The van der Waals surface area contributed by atoms with Crippen LogP contribution in [-0.4, -0.2) is 19.8 Å². The van der Waals surface area contributed by atoms with E-state index in [1.54, 1.807) is 19.2 Å². The van der Waals surface area contributed by atoms with E-state index < -0.39 is 6.09 Å². The molecule has 4 nitrogen and oxygen atoms in total. The zero-order valence-corrected chi connectivity index (χ0v) is 15.3. The fourth-order valence-electron chi connectivity index (χ4n) is 2.65. The molecule has 0 aliphatic carbocycles. The van der Waals surface area contributed by atoms with Gasteiger partial charge in [-0.05, 0) is 18.6 Å². The van der Waals surface area contributed by atoms with Gasteiger partial charge >= 0.3 is 6.09 Å². The normalized spacial score (nSPS) is 10.4. The number of unbranched alkanes of at least 4 members (excludes halogenated alkanes) is 9. The lowest BCUT2D eigenvalue weighted by Gasteiger charge is -2.10. The number of rotatable bonds is 13. The average molecular weight is 335 g/mol. The lowest BCUT2D eigenvalue weighted by Crippen LogP contribution is -2.14. The second-order valence-corrected chi connectivity index (χ2v) is 6.14. The second-order valence-electron chi connectivity index (χ2n) is 6.14. The van der Waals surface area contributed by atoms with Crippen LogP contribution in [0.25, 0.3) is 0 Å². The van der Waals surface area contributed by atoms with Gasteiger partial charge in [-0.3, -0.25) is 5.32 Å². The van der Waals surface area contributed by atoms with Gasteiger partial charge < -0.3 is 9.47 Å². The summed E-state index contributed by atoms with van der Waals surface area (Å²) in [6.45, 7) is 2.72. The third-order valence-electron chi connectivity index (χ3n) is 4.07. The number of benzene rings is 1. The fourth-order valence-corrected chi connectivity index (χ4v) is 2.65. The molecule has 136 valence electrons. The summed E-state index contributed by atoms with van der Waals surface area (Å²) in [6, 6.07) is 7.30. The summed E-state index contributed by atoms with van der Waals surface area (Å²) in [5.74, 6) is 0.633. The van der Waals surface area contributed by atoms with Crippen LogP contribution < -0.4 is 10.1 Å². The maximum Gasteiger partial charge on any atom is 0.411 e. The summed E-state index contributed by atoms with van der Waals surface area (Å²) in [7, 11) is 1.58. The summed E-state index contributed by atoms with van der Waals surface area (Å²) < 4.78 is 10.4. The van der Waals surface area contributed by atoms with Crippen molar-refractivity contribution in [3.63, 3.8) is 0 Å². The van der Waals surface area contributed by atoms with Crippen LogP contribution in [0.4, 0.5) is 10.5 Å². The molecule has 24 heavy (non-hydrogen) atoms. The number of carbonyl (C=O) groups excluding carboxylic acids is 1. The van der Waals surface area contributed by atoms with Crippen molar-refractivity contribution in [3.05, 3.63) is 24.3 Å². The van der Waals surface area contributed by atoms with Gasteiger partial charge in [0.1, 0.15) is 5.75 Å². The number of hydrogen-bond donors (Lipinski definition) is 1. The van der Waals surface area contributed by atoms with Crippen LogP contribution in [0.1, 0.15) is 71.1 Å². The quantitative estimate of drug-likeness (QED) is 0.439. The van der Waals surface area contributed by atoms with Crippen LogP contribution in [-0.2, 0) is 4.74 Å². The van der Waals surface area contributed by atoms with E-state index in [0.717, 1.165) is 12.8 Å². The van der Waals surface area contributed by atoms with E-state index in [4.69, 9.17) is 9.47 Å². The van der Waals surface area contributed by atoms with Crippen molar-refractivity contribution in [2.45, 2.75) is 71.1 Å². The van der Waals surface area contributed by atoms with Crippen LogP contribution in [0.3, 0.4) is 0 Å². The third kappa shape index (κ3) is 9.43. The zero-order chi connectivity index (χ0) is 17.5. The molecule has 1 aromatic rings. The van der Waals surface area contributed by atoms with Crippen molar-refractivity contribution in [1.29, 1.82) is 0 Å². The first kappa shape index (κ1) is 20.3. The average Bonchev–Trinajstić information content (AvgIpc) is 2.60. The van der Waals surface area contributed by atoms with Crippen molar-refractivity contribution in [1.82, 2.24) is 0 Å². The predicted octanol–water partition coefficient (Wildman–Crippen LogP) is 6.16. The first-order chi connectivity index (χ1) is 11.8. The van der Waals surface area contributed by atoms with Crippen LogP contribution in [0.15, 0.2) is 24.3 Å². The summed E-state index contributed by atoms with van der Waals surface area (Å²) in [5, 5.41) is 2.71. The molecule has 0 saturated carbocycles. The molecule has 0 heterocycles. The van der Waals surface area contributed by atoms with Gasteiger partial charge in [-0.2, -0.15) is 0 Å². The van der Waals surface area contributed by atoms with Gasteiger partial charge in [-0.25, -0.2) is 4.79 Å². The Kier molecular flexibility index (Phi) is 11.6. The number of anilines is 1. The molecule has 4 heteroatoms. The number of hydrogen-bond acceptors (Lipinski definition) is 3. The van der Waals surface area contributed by atoms with Crippen molar-refractivity contribution in [3.8, 4) is 5.75 Å². The fraction of sp³-hybridized carbons (Fsp3) is 0.650. The van der Waals surface area contributed by atoms with Crippen molar-refractivity contribution < 1.29 is 14.3 Å². The predicted molar refractivity (Wildman–Crippen MR) is 99.8 cm³/mol. The highest BCUT2D eigenvalue weighted by Gasteiger charge is 2.07. The number of carbonyl (C=O) groups is 1. The highest BCUT2D eigenvalue weighted by atomic mass is 16.5. The van der Waals surface area contributed by atoms with E-state index in [9.17, 15) is 4.79 Å². The molecule has 0 bridgehead atoms. The Balaban J connectivity index is 1.98. The number of amides is 1. The van der Waals surface area contributed by atoms with E-state index in [0.29, 0.717) is 18.0 Å². The molecule has 1 aromatic carbocycles. The van der Waals surface area contributed by atoms with Gasteiger partial charge in [0.2, 0.25) is 0 Å². The van der Waals surface area contributed by atoms with Gasteiger partial charge in [0, 0.05) is 0 Å².